The fourth-order valence-corrected chi connectivity index (χ4v) is 4.01. The average Bonchev–Trinajstić information content (AvgIpc) is 3.35. The molecule has 1 atom stereocenters. The van der Waals surface area contributed by atoms with Gasteiger partial charge in [-0.15, -0.1) is 10.2 Å². The van der Waals surface area contributed by atoms with Crippen molar-refractivity contribution >= 4 is 17.4 Å². The number of aromatic nitrogens is 4. The third kappa shape index (κ3) is 3.25. The second-order valence-corrected chi connectivity index (χ2v) is 7.47. The first-order chi connectivity index (χ1) is 14.2. The minimum absolute atomic E-state index is 0.0243. The number of anilines is 2. The lowest BCUT2D eigenvalue weighted by Gasteiger charge is -2.24. The van der Waals surface area contributed by atoms with Crippen LogP contribution in [0.3, 0.4) is 0 Å². The molecule has 0 spiro atoms. The van der Waals surface area contributed by atoms with Gasteiger partial charge in [0.1, 0.15) is 17.8 Å². The summed E-state index contributed by atoms with van der Waals surface area (Å²) in [5, 5.41) is 11.7. The van der Waals surface area contributed by atoms with E-state index in [0.717, 1.165) is 42.2 Å². The van der Waals surface area contributed by atoms with Crippen molar-refractivity contribution in [3.8, 4) is 11.5 Å². The van der Waals surface area contributed by atoms with E-state index in [-0.39, 0.29) is 11.9 Å². The first kappa shape index (κ1) is 17.8. The van der Waals surface area contributed by atoms with Crippen LogP contribution in [0.1, 0.15) is 34.8 Å². The summed E-state index contributed by atoms with van der Waals surface area (Å²) in [4.78, 5) is 19.0. The van der Waals surface area contributed by atoms with Crippen molar-refractivity contribution in [1.82, 2.24) is 24.6 Å². The Morgan fingerprint density at radius 3 is 2.97 bits per heavy atom. The second-order valence-electron chi connectivity index (χ2n) is 7.47. The maximum absolute atomic E-state index is 12.5. The van der Waals surface area contributed by atoms with Crippen LogP contribution in [0.15, 0.2) is 42.7 Å². The highest BCUT2D eigenvalue weighted by molar-refractivity contribution is 6.03. The molecule has 1 N–H and O–H groups in total. The number of hydrogen-bond acceptors (Lipinski definition) is 6. The molecule has 0 bridgehead atoms. The number of ether oxygens (including phenoxy) is 1. The molecule has 8 nitrogen and oxygen atoms in total. The van der Waals surface area contributed by atoms with Crippen molar-refractivity contribution in [2.24, 2.45) is 0 Å². The highest BCUT2D eigenvalue weighted by atomic mass is 16.5. The lowest BCUT2D eigenvalue weighted by Crippen LogP contribution is -2.21. The third-order valence-corrected chi connectivity index (χ3v) is 5.46. The second kappa shape index (κ2) is 7.29. The Balaban J connectivity index is 1.45. The highest BCUT2D eigenvalue weighted by Gasteiger charge is 2.27. The van der Waals surface area contributed by atoms with Gasteiger partial charge in [0, 0.05) is 20.2 Å². The molecule has 2 aliphatic heterocycles. The summed E-state index contributed by atoms with van der Waals surface area (Å²) in [5.41, 5.74) is 3.23. The van der Waals surface area contributed by atoms with Gasteiger partial charge in [-0.05, 0) is 36.6 Å². The maximum Gasteiger partial charge on any atom is 0.256 e. The van der Waals surface area contributed by atoms with Crippen LogP contribution in [0.5, 0.6) is 0 Å². The Bertz CT molecular complexity index is 1060. The first-order valence-electron chi connectivity index (χ1n) is 9.80. The lowest BCUT2D eigenvalue weighted by molar-refractivity contribution is 0.0595. The summed E-state index contributed by atoms with van der Waals surface area (Å²) in [6.07, 6.45) is 3.81. The van der Waals surface area contributed by atoms with Gasteiger partial charge in [-0.25, -0.2) is 4.98 Å². The van der Waals surface area contributed by atoms with E-state index in [2.05, 4.69) is 15.5 Å². The fourth-order valence-electron chi connectivity index (χ4n) is 4.01. The predicted octanol–water partition coefficient (Wildman–Crippen LogP) is 3.02. The molecule has 1 amide bonds. The van der Waals surface area contributed by atoms with Gasteiger partial charge in [0.2, 0.25) is 0 Å². The number of fused-ring (bicyclic) bond motifs is 1. The highest BCUT2D eigenvalue weighted by Crippen LogP contribution is 2.31. The first-order valence-corrected chi connectivity index (χ1v) is 9.80. The number of carbonyl (C=O) groups excluding carboxylic acids is 1. The van der Waals surface area contributed by atoms with Crippen LogP contribution >= 0.6 is 0 Å². The number of amides is 1. The van der Waals surface area contributed by atoms with Crippen molar-refractivity contribution in [2.75, 3.05) is 25.6 Å². The number of carbonyl (C=O) groups is 1. The van der Waals surface area contributed by atoms with E-state index in [9.17, 15) is 4.79 Å². The number of hydrogen-bond donors (Lipinski definition) is 1. The molecule has 0 unspecified atom stereocenters. The Labute approximate surface area is 168 Å². The van der Waals surface area contributed by atoms with E-state index >= 15 is 0 Å². The molecular weight excluding hydrogens is 368 g/mol. The molecule has 1 aromatic carbocycles. The Morgan fingerprint density at radius 2 is 2.10 bits per heavy atom. The van der Waals surface area contributed by atoms with Crippen LogP contribution in [0.2, 0.25) is 0 Å². The third-order valence-electron chi connectivity index (χ3n) is 5.46. The quantitative estimate of drug-likeness (QED) is 0.737. The molecule has 0 saturated carbocycles. The number of benzene rings is 1. The molecule has 8 heteroatoms. The van der Waals surface area contributed by atoms with Crippen molar-refractivity contribution in [3.63, 3.8) is 0 Å². The molecule has 0 aliphatic carbocycles. The molecule has 2 aliphatic rings. The number of rotatable bonds is 4. The van der Waals surface area contributed by atoms with Crippen LogP contribution in [-0.2, 0) is 11.3 Å². The Kier molecular flexibility index (Phi) is 4.48. The van der Waals surface area contributed by atoms with Gasteiger partial charge in [-0.1, -0.05) is 18.2 Å². The summed E-state index contributed by atoms with van der Waals surface area (Å²) in [6.45, 7) is 2.10. The zero-order valence-electron chi connectivity index (χ0n) is 16.2. The van der Waals surface area contributed by atoms with E-state index in [1.165, 1.54) is 0 Å². The summed E-state index contributed by atoms with van der Waals surface area (Å²) in [6, 6.07) is 11.8. The summed E-state index contributed by atoms with van der Waals surface area (Å²) in [5.74, 6) is 1.40. The van der Waals surface area contributed by atoms with Crippen molar-refractivity contribution < 1.29 is 9.53 Å². The zero-order valence-corrected chi connectivity index (χ0v) is 16.2. The minimum atomic E-state index is 0.0243. The molecule has 5 rings (SSSR count). The van der Waals surface area contributed by atoms with Gasteiger partial charge < -0.3 is 19.5 Å². The topological polar surface area (TPSA) is 85.2 Å². The molecule has 0 radical (unpaired) electrons. The summed E-state index contributed by atoms with van der Waals surface area (Å²) in [7, 11) is 1.81. The molecule has 4 heterocycles. The van der Waals surface area contributed by atoms with E-state index < -0.39 is 0 Å². The van der Waals surface area contributed by atoms with Crippen molar-refractivity contribution in [2.45, 2.75) is 25.4 Å². The molecule has 29 heavy (non-hydrogen) atoms. The van der Waals surface area contributed by atoms with Crippen LogP contribution in [0.25, 0.3) is 11.5 Å². The number of nitrogens with zero attached hydrogens (tertiary/aromatic N) is 5. The van der Waals surface area contributed by atoms with Crippen LogP contribution in [0, 0.1) is 0 Å². The summed E-state index contributed by atoms with van der Waals surface area (Å²) < 4.78 is 7.66. The average molecular weight is 390 g/mol. The van der Waals surface area contributed by atoms with Crippen molar-refractivity contribution in [1.29, 1.82) is 0 Å². The van der Waals surface area contributed by atoms with E-state index in [1.54, 1.807) is 11.2 Å². The molecule has 1 fully saturated rings. The van der Waals surface area contributed by atoms with Crippen LogP contribution in [-0.4, -0.2) is 50.8 Å². The zero-order chi connectivity index (χ0) is 19.8. The molecular formula is C21H22N6O2. The maximum atomic E-state index is 12.5. The van der Waals surface area contributed by atoms with Gasteiger partial charge in [-0.2, -0.15) is 0 Å². The van der Waals surface area contributed by atoms with Gasteiger partial charge in [0.25, 0.3) is 5.91 Å². The Morgan fingerprint density at radius 1 is 1.21 bits per heavy atom. The van der Waals surface area contributed by atoms with E-state index in [0.29, 0.717) is 24.5 Å². The number of nitrogens with one attached hydrogen (secondary N) is 1. The van der Waals surface area contributed by atoms with E-state index in [1.807, 2.05) is 48.0 Å². The molecule has 148 valence electrons. The van der Waals surface area contributed by atoms with Crippen molar-refractivity contribution in [3.05, 3.63) is 53.9 Å². The minimum Gasteiger partial charge on any atom is -0.379 e. The monoisotopic (exact) mass is 390 g/mol. The van der Waals surface area contributed by atoms with Gasteiger partial charge >= 0.3 is 0 Å². The number of pyridine rings is 1. The van der Waals surface area contributed by atoms with Gasteiger partial charge in [0.05, 0.1) is 23.9 Å². The van der Waals surface area contributed by atoms with Gasteiger partial charge in [-0.3, -0.25) is 4.79 Å². The SMILES string of the molecule is CN1Cc2cccc(Nc3cccc(-c4nncn4[C@@H]4CCCOC4)n3)c2C1=O. The largest absolute Gasteiger partial charge is 0.379 e. The van der Waals surface area contributed by atoms with E-state index in [4.69, 9.17) is 9.72 Å². The Hall–Kier alpha value is -3.26. The van der Waals surface area contributed by atoms with Crippen LogP contribution < -0.4 is 5.32 Å². The molecule has 2 aromatic heterocycles. The normalized spacial score (nSPS) is 18.7. The van der Waals surface area contributed by atoms with Crippen LogP contribution in [0.4, 0.5) is 11.5 Å². The fraction of sp³-hybridized carbons (Fsp3) is 0.333. The summed E-state index contributed by atoms with van der Waals surface area (Å²) >= 11 is 0. The lowest BCUT2D eigenvalue weighted by atomic mass is 10.1. The molecule has 1 saturated heterocycles. The smallest absolute Gasteiger partial charge is 0.256 e. The molecule has 3 aromatic rings. The standard InChI is InChI=1S/C21H22N6O2/c1-26-11-14-5-2-7-16(19(14)21(26)28)23-18-9-3-8-17(24-18)20-25-22-13-27(20)15-6-4-10-29-12-15/h2-3,5,7-9,13,15H,4,6,10-12H2,1H3,(H,23,24)/t15-/m1/s1. The predicted molar refractivity (Wildman–Crippen MR) is 108 cm³/mol. The van der Waals surface area contributed by atoms with Gasteiger partial charge in [0.15, 0.2) is 5.82 Å².